The van der Waals surface area contributed by atoms with E-state index in [1.54, 1.807) is 0 Å². The highest BCUT2D eigenvalue weighted by molar-refractivity contribution is 5.77. The Morgan fingerprint density at radius 1 is 1.24 bits per heavy atom. The Morgan fingerprint density at radius 2 is 1.81 bits per heavy atom. The van der Waals surface area contributed by atoms with Gasteiger partial charge in [0.05, 0.1) is 12.0 Å². The molecule has 1 saturated carbocycles. The molecule has 0 saturated heterocycles. The summed E-state index contributed by atoms with van der Waals surface area (Å²) < 4.78 is 0. The summed E-state index contributed by atoms with van der Waals surface area (Å²) in [5.74, 6) is -0.539. The van der Waals surface area contributed by atoms with Gasteiger partial charge in [0.15, 0.2) is 0 Å². The van der Waals surface area contributed by atoms with Crippen LogP contribution in [0.4, 0.5) is 4.79 Å². The fourth-order valence-corrected chi connectivity index (χ4v) is 2.95. The summed E-state index contributed by atoms with van der Waals surface area (Å²) in [6.45, 7) is 4.89. The van der Waals surface area contributed by atoms with Crippen molar-refractivity contribution in [2.24, 2.45) is 5.92 Å². The monoisotopic (exact) mass is 299 g/mol. The molecule has 1 fully saturated rings. The van der Waals surface area contributed by atoms with Gasteiger partial charge in [-0.05, 0) is 32.9 Å². The number of aliphatic carboxylic acids is 1. The predicted molar refractivity (Wildman–Crippen MR) is 82.3 cm³/mol. The highest BCUT2D eigenvalue weighted by Crippen LogP contribution is 2.32. The van der Waals surface area contributed by atoms with Crippen LogP contribution in [-0.2, 0) is 4.79 Å². The van der Waals surface area contributed by atoms with E-state index in [0.29, 0.717) is 5.92 Å². The highest BCUT2D eigenvalue weighted by Gasteiger charge is 2.37. The van der Waals surface area contributed by atoms with Crippen molar-refractivity contribution in [2.45, 2.75) is 57.5 Å². The molecule has 1 aliphatic carbocycles. The largest absolute Gasteiger partial charge is 0.481 e. The number of hydrogen-bond acceptors (Lipinski definition) is 3. The lowest BCUT2D eigenvalue weighted by Gasteiger charge is -2.31. The van der Waals surface area contributed by atoms with Crippen LogP contribution in [0.15, 0.2) is 0 Å². The van der Waals surface area contributed by atoms with Crippen molar-refractivity contribution in [3.8, 4) is 0 Å². The van der Waals surface area contributed by atoms with Gasteiger partial charge in [0.25, 0.3) is 0 Å². The third kappa shape index (κ3) is 5.91. The maximum atomic E-state index is 12.2. The number of carboxylic acid groups (broad SMARTS) is 1. The Kier molecular flexibility index (Phi) is 6.45. The van der Waals surface area contributed by atoms with Crippen LogP contribution in [0.1, 0.15) is 46.0 Å². The molecule has 6 heteroatoms. The molecule has 21 heavy (non-hydrogen) atoms. The average Bonchev–Trinajstić information content (AvgIpc) is 2.74. The second-order valence-electron chi connectivity index (χ2n) is 6.77. The van der Waals surface area contributed by atoms with Crippen LogP contribution in [0, 0.1) is 5.92 Å². The SMILES string of the molecule is CC(C)C(CN(C)C)NC(=O)NC1(CC(=O)O)CCCC1. The second-order valence-corrected chi connectivity index (χ2v) is 6.77. The molecule has 3 N–H and O–H groups in total. The average molecular weight is 299 g/mol. The summed E-state index contributed by atoms with van der Waals surface area (Å²) in [7, 11) is 3.94. The van der Waals surface area contributed by atoms with Gasteiger partial charge in [-0.2, -0.15) is 0 Å². The van der Waals surface area contributed by atoms with Crippen LogP contribution in [0.2, 0.25) is 0 Å². The summed E-state index contributed by atoms with van der Waals surface area (Å²) in [4.78, 5) is 25.3. The lowest BCUT2D eigenvalue weighted by atomic mass is 9.93. The molecular weight excluding hydrogens is 270 g/mol. The number of carbonyl (C=O) groups is 2. The van der Waals surface area contributed by atoms with Crippen LogP contribution in [0.5, 0.6) is 0 Å². The molecule has 0 radical (unpaired) electrons. The number of rotatable bonds is 7. The Labute approximate surface area is 127 Å². The van der Waals surface area contributed by atoms with E-state index >= 15 is 0 Å². The molecule has 0 heterocycles. The zero-order valence-electron chi connectivity index (χ0n) is 13.6. The van der Waals surface area contributed by atoms with Crippen molar-refractivity contribution in [1.82, 2.24) is 15.5 Å². The van der Waals surface area contributed by atoms with E-state index in [9.17, 15) is 9.59 Å². The molecule has 0 aromatic rings. The zero-order valence-corrected chi connectivity index (χ0v) is 13.6. The third-order valence-corrected chi connectivity index (χ3v) is 4.11. The lowest BCUT2D eigenvalue weighted by molar-refractivity contribution is -0.138. The molecule has 0 spiro atoms. The van der Waals surface area contributed by atoms with Gasteiger partial charge in [-0.25, -0.2) is 4.79 Å². The maximum Gasteiger partial charge on any atom is 0.315 e. The maximum absolute atomic E-state index is 12.2. The smallest absolute Gasteiger partial charge is 0.315 e. The molecule has 0 aromatic carbocycles. The molecule has 1 atom stereocenters. The standard InChI is InChI=1S/C15H29N3O3/c1-11(2)12(10-18(3)4)16-14(21)17-15(9-13(19)20)7-5-6-8-15/h11-12H,5-10H2,1-4H3,(H,19,20)(H2,16,17,21). The third-order valence-electron chi connectivity index (χ3n) is 4.11. The Balaban J connectivity index is 2.62. The van der Waals surface area contributed by atoms with E-state index in [1.807, 2.05) is 19.0 Å². The van der Waals surface area contributed by atoms with Gasteiger partial charge in [-0.15, -0.1) is 0 Å². The van der Waals surface area contributed by atoms with Crippen LogP contribution in [0.3, 0.4) is 0 Å². The Morgan fingerprint density at radius 3 is 2.24 bits per heavy atom. The van der Waals surface area contributed by atoms with Gasteiger partial charge >= 0.3 is 12.0 Å². The zero-order chi connectivity index (χ0) is 16.0. The Hall–Kier alpha value is -1.30. The number of urea groups is 1. The molecule has 122 valence electrons. The van der Waals surface area contributed by atoms with Crippen LogP contribution >= 0.6 is 0 Å². The number of amides is 2. The highest BCUT2D eigenvalue weighted by atomic mass is 16.4. The minimum atomic E-state index is -0.856. The molecule has 2 amide bonds. The van der Waals surface area contributed by atoms with Crippen molar-refractivity contribution in [1.29, 1.82) is 0 Å². The minimum absolute atomic E-state index is 0.000442. The first kappa shape index (κ1) is 17.8. The van der Waals surface area contributed by atoms with Gasteiger partial charge in [-0.1, -0.05) is 26.7 Å². The molecule has 1 unspecified atom stereocenters. The molecule has 0 aromatic heterocycles. The van der Waals surface area contributed by atoms with E-state index in [0.717, 1.165) is 32.2 Å². The van der Waals surface area contributed by atoms with Crippen LogP contribution < -0.4 is 10.6 Å². The van der Waals surface area contributed by atoms with E-state index in [4.69, 9.17) is 5.11 Å². The summed E-state index contributed by atoms with van der Waals surface area (Å²) >= 11 is 0. The topological polar surface area (TPSA) is 81.7 Å². The van der Waals surface area contributed by atoms with E-state index < -0.39 is 11.5 Å². The Bertz CT molecular complexity index is 363. The second kappa shape index (κ2) is 7.64. The fraction of sp³-hybridized carbons (Fsp3) is 0.867. The number of carbonyl (C=O) groups excluding carboxylic acids is 1. The van der Waals surface area contributed by atoms with Crippen molar-refractivity contribution >= 4 is 12.0 Å². The number of nitrogens with zero attached hydrogens (tertiary/aromatic N) is 1. The molecular formula is C15H29N3O3. The number of carboxylic acids is 1. The number of nitrogens with one attached hydrogen (secondary N) is 2. The quantitative estimate of drug-likeness (QED) is 0.668. The summed E-state index contributed by atoms with van der Waals surface area (Å²) in [5, 5.41) is 15.0. The fourth-order valence-electron chi connectivity index (χ4n) is 2.95. The summed E-state index contributed by atoms with van der Waals surface area (Å²) in [5.41, 5.74) is -0.574. The molecule has 0 aliphatic heterocycles. The van der Waals surface area contributed by atoms with Gasteiger partial charge in [-0.3, -0.25) is 4.79 Å². The first-order valence-electron chi connectivity index (χ1n) is 7.69. The van der Waals surface area contributed by atoms with Gasteiger partial charge in [0.2, 0.25) is 0 Å². The van der Waals surface area contributed by atoms with Gasteiger partial charge < -0.3 is 20.6 Å². The van der Waals surface area contributed by atoms with Crippen LogP contribution in [-0.4, -0.2) is 54.2 Å². The molecule has 6 nitrogen and oxygen atoms in total. The van der Waals surface area contributed by atoms with Gasteiger partial charge in [0, 0.05) is 12.6 Å². The number of hydrogen-bond donors (Lipinski definition) is 3. The lowest BCUT2D eigenvalue weighted by Crippen LogP contribution is -2.56. The van der Waals surface area contributed by atoms with Crippen molar-refractivity contribution in [2.75, 3.05) is 20.6 Å². The van der Waals surface area contributed by atoms with E-state index in [-0.39, 0.29) is 18.5 Å². The molecule has 1 rings (SSSR count). The van der Waals surface area contributed by atoms with Crippen LogP contribution in [0.25, 0.3) is 0 Å². The first-order chi connectivity index (χ1) is 9.74. The molecule has 0 bridgehead atoms. The normalized spacial score (nSPS) is 18.8. The first-order valence-corrected chi connectivity index (χ1v) is 7.69. The molecule has 1 aliphatic rings. The predicted octanol–water partition coefficient (Wildman–Crippen LogP) is 1.66. The van der Waals surface area contributed by atoms with Crippen molar-refractivity contribution < 1.29 is 14.7 Å². The van der Waals surface area contributed by atoms with Gasteiger partial charge in [0.1, 0.15) is 0 Å². The van der Waals surface area contributed by atoms with E-state index in [2.05, 4.69) is 24.5 Å². The van der Waals surface area contributed by atoms with Crippen molar-refractivity contribution in [3.63, 3.8) is 0 Å². The summed E-state index contributed by atoms with van der Waals surface area (Å²) in [6, 6.07) is -0.206. The summed E-state index contributed by atoms with van der Waals surface area (Å²) in [6.07, 6.45) is 3.43. The number of likely N-dealkylation sites (N-methyl/N-ethyl adjacent to an activating group) is 1. The van der Waals surface area contributed by atoms with E-state index in [1.165, 1.54) is 0 Å². The van der Waals surface area contributed by atoms with Crippen molar-refractivity contribution in [3.05, 3.63) is 0 Å². The minimum Gasteiger partial charge on any atom is -0.481 e.